The number of rotatable bonds is 7. The molecule has 3 nitrogen and oxygen atoms in total. The first kappa shape index (κ1) is 13.8. The average molecular weight is 220 g/mol. The van der Waals surface area contributed by atoms with E-state index >= 15 is 0 Å². The van der Waals surface area contributed by atoms with Gasteiger partial charge in [-0.2, -0.15) is 11.8 Å². The van der Waals surface area contributed by atoms with Gasteiger partial charge in [0.1, 0.15) is 0 Å². The molecule has 0 rings (SSSR count). The summed E-state index contributed by atoms with van der Waals surface area (Å²) in [5.74, 6) is 1.57. The minimum Gasteiger partial charge on any atom is -0.469 e. The van der Waals surface area contributed by atoms with Crippen LogP contribution in [0.5, 0.6) is 0 Å². The highest BCUT2D eigenvalue weighted by atomic mass is 32.2. The van der Waals surface area contributed by atoms with Crippen LogP contribution < -0.4 is 0 Å². The van der Waals surface area contributed by atoms with Gasteiger partial charge < -0.3 is 9.84 Å². The standard InChI is InChI=1S/C10H20O3S/c1-4-14-6-5-9(11)7-8(2)10(12)13-3/h8-9,11H,4-7H2,1-3H3. The summed E-state index contributed by atoms with van der Waals surface area (Å²) in [5, 5.41) is 9.57. The molecule has 0 radical (unpaired) electrons. The van der Waals surface area contributed by atoms with Crippen molar-refractivity contribution in [1.82, 2.24) is 0 Å². The third-order valence-corrected chi connectivity index (χ3v) is 2.96. The van der Waals surface area contributed by atoms with Crippen molar-refractivity contribution in [2.75, 3.05) is 18.6 Å². The van der Waals surface area contributed by atoms with Crippen molar-refractivity contribution in [3.8, 4) is 0 Å². The number of aliphatic hydroxyl groups excluding tert-OH is 1. The molecule has 1 N–H and O–H groups in total. The van der Waals surface area contributed by atoms with Crippen LogP contribution in [0.4, 0.5) is 0 Å². The molecule has 14 heavy (non-hydrogen) atoms. The van der Waals surface area contributed by atoms with Gasteiger partial charge in [-0.1, -0.05) is 13.8 Å². The molecular weight excluding hydrogens is 200 g/mol. The van der Waals surface area contributed by atoms with Crippen LogP contribution in [0.2, 0.25) is 0 Å². The van der Waals surface area contributed by atoms with Crippen LogP contribution in [0.15, 0.2) is 0 Å². The van der Waals surface area contributed by atoms with Crippen molar-refractivity contribution in [2.45, 2.75) is 32.8 Å². The molecule has 0 aromatic heterocycles. The summed E-state index contributed by atoms with van der Waals surface area (Å²) in [6, 6.07) is 0. The van der Waals surface area contributed by atoms with Crippen molar-refractivity contribution in [2.24, 2.45) is 5.92 Å². The molecular formula is C10H20O3S. The molecule has 0 fully saturated rings. The van der Waals surface area contributed by atoms with E-state index in [0.29, 0.717) is 6.42 Å². The molecule has 2 atom stereocenters. The highest BCUT2D eigenvalue weighted by molar-refractivity contribution is 7.99. The van der Waals surface area contributed by atoms with Gasteiger partial charge in [-0.05, 0) is 24.3 Å². The van der Waals surface area contributed by atoms with Gasteiger partial charge in [0.05, 0.1) is 19.1 Å². The van der Waals surface area contributed by atoms with Crippen molar-refractivity contribution < 1.29 is 14.6 Å². The Morgan fingerprint density at radius 1 is 1.57 bits per heavy atom. The molecule has 0 bridgehead atoms. The van der Waals surface area contributed by atoms with Gasteiger partial charge in [0.2, 0.25) is 0 Å². The molecule has 2 unspecified atom stereocenters. The highest BCUT2D eigenvalue weighted by Gasteiger charge is 2.17. The lowest BCUT2D eigenvalue weighted by Crippen LogP contribution is -2.20. The Morgan fingerprint density at radius 2 is 2.21 bits per heavy atom. The number of ether oxygens (including phenoxy) is 1. The van der Waals surface area contributed by atoms with Gasteiger partial charge in [-0.25, -0.2) is 0 Å². The smallest absolute Gasteiger partial charge is 0.308 e. The second-order valence-electron chi connectivity index (χ2n) is 3.30. The number of carbonyl (C=O) groups excluding carboxylic acids is 1. The molecule has 0 aliphatic heterocycles. The molecule has 0 aliphatic rings. The Morgan fingerprint density at radius 3 is 2.71 bits per heavy atom. The summed E-state index contributed by atoms with van der Waals surface area (Å²) in [5.41, 5.74) is 0. The normalized spacial score (nSPS) is 14.9. The Balaban J connectivity index is 3.59. The van der Waals surface area contributed by atoms with Crippen molar-refractivity contribution in [3.05, 3.63) is 0 Å². The lowest BCUT2D eigenvalue weighted by Gasteiger charge is -2.14. The number of hydrogen-bond acceptors (Lipinski definition) is 4. The number of esters is 1. The number of carbonyl (C=O) groups is 1. The summed E-state index contributed by atoms with van der Waals surface area (Å²) in [4.78, 5) is 11.0. The SMILES string of the molecule is CCSCCC(O)CC(C)C(=O)OC. The topological polar surface area (TPSA) is 46.5 Å². The largest absolute Gasteiger partial charge is 0.469 e. The Kier molecular flexibility index (Phi) is 7.99. The number of methoxy groups -OCH3 is 1. The van der Waals surface area contributed by atoms with Crippen molar-refractivity contribution in [1.29, 1.82) is 0 Å². The number of aliphatic hydroxyl groups is 1. The van der Waals surface area contributed by atoms with Crippen LogP contribution in [0.3, 0.4) is 0 Å². The van der Waals surface area contributed by atoms with Gasteiger partial charge in [-0.3, -0.25) is 4.79 Å². The highest BCUT2D eigenvalue weighted by Crippen LogP contribution is 2.12. The fourth-order valence-electron chi connectivity index (χ4n) is 1.19. The van der Waals surface area contributed by atoms with E-state index in [0.717, 1.165) is 17.9 Å². The zero-order valence-electron chi connectivity index (χ0n) is 9.16. The fraction of sp³-hybridized carbons (Fsp3) is 0.900. The number of thioether (sulfide) groups is 1. The first-order valence-corrected chi connectivity index (χ1v) is 6.10. The predicted octanol–water partition coefficient (Wildman–Crippen LogP) is 1.69. The minimum atomic E-state index is -0.386. The van der Waals surface area contributed by atoms with E-state index in [4.69, 9.17) is 0 Å². The van der Waals surface area contributed by atoms with Crippen LogP contribution in [-0.4, -0.2) is 35.8 Å². The third kappa shape index (κ3) is 6.27. The van der Waals surface area contributed by atoms with Gasteiger partial charge in [0.25, 0.3) is 0 Å². The second-order valence-corrected chi connectivity index (χ2v) is 4.69. The van der Waals surface area contributed by atoms with Gasteiger partial charge in [0.15, 0.2) is 0 Å². The first-order valence-electron chi connectivity index (χ1n) is 4.95. The number of hydrogen-bond donors (Lipinski definition) is 1. The van der Waals surface area contributed by atoms with E-state index in [1.165, 1.54) is 7.11 Å². The molecule has 84 valence electrons. The quantitative estimate of drug-likeness (QED) is 0.524. The molecule has 0 spiro atoms. The molecule has 0 aromatic carbocycles. The van der Waals surface area contributed by atoms with Crippen LogP contribution in [0, 0.1) is 5.92 Å². The van der Waals surface area contributed by atoms with E-state index in [-0.39, 0.29) is 18.0 Å². The summed E-state index contributed by atoms with van der Waals surface area (Å²) in [7, 11) is 1.37. The first-order chi connectivity index (χ1) is 6.61. The summed E-state index contributed by atoms with van der Waals surface area (Å²) < 4.78 is 4.58. The van der Waals surface area contributed by atoms with Gasteiger partial charge in [0, 0.05) is 0 Å². The van der Waals surface area contributed by atoms with Crippen LogP contribution >= 0.6 is 11.8 Å². The molecule has 0 heterocycles. The van der Waals surface area contributed by atoms with E-state index < -0.39 is 0 Å². The Hall–Kier alpha value is -0.220. The van der Waals surface area contributed by atoms with Crippen molar-refractivity contribution in [3.63, 3.8) is 0 Å². The monoisotopic (exact) mass is 220 g/mol. The van der Waals surface area contributed by atoms with Crippen molar-refractivity contribution >= 4 is 17.7 Å². The zero-order valence-corrected chi connectivity index (χ0v) is 9.97. The van der Waals surface area contributed by atoms with E-state index in [2.05, 4.69) is 11.7 Å². The minimum absolute atomic E-state index is 0.207. The second kappa shape index (κ2) is 8.12. The Bertz CT molecular complexity index is 161. The molecule has 0 saturated carbocycles. The average Bonchev–Trinajstić information content (AvgIpc) is 2.16. The maximum atomic E-state index is 11.0. The summed E-state index contributed by atoms with van der Waals surface area (Å²) >= 11 is 1.80. The van der Waals surface area contributed by atoms with E-state index in [1.807, 2.05) is 0 Å². The van der Waals surface area contributed by atoms with Gasteiger partial charge in [-0.15, -0.1) is 0 Å². The summed E-state index contributed by atoms with van der Waals surface area (Å²) in [6.45, 7) is 3.87. The molecule has 4 heteroatoms. The fourth-order valence-corrected chi connectivity index (χ4v) is 1.91. The molecule has 0 saturated heterocycles. The van der Waals surface area contributed by atoms with Crippen LogP contribution in [0.1, 0.15) is 26.7 Å². The summed E-state index contributed by atoms with van der Waals surface area (Å²) in [6.07, 6.45) is 0.861. The lowest BCUT2D eigenvalue weighted by atomic mass is 10.0. The molecule has 0 amide bonds. The van der Waals surface area contributed by atoms with Gasteiger partial charge >= 0.3 is 5.97 Å². The van der Waals surface area contributed by atoms with Crippen LogP contribution in [-0.2, 0) is 9.53 Å². The third-order valence-electron chi connectivity index (χ3n) is 2.03. The molecule has 0 aromatic rings. The van der Waals surface area contributed by atoms with Crippen LogP contribution in [0.25, 0.3) is 0 Å². The van der Waals surface area contributed by atoms with E-state index in [9.17, 15) is 9.90 Å². The lowest BCUT2D eigenvalue weighted by molar-refractivity contribution is -0.145. The maximum Gasteiger partial charge on any atom is 0.308 e. The van der Waals surface area contributed by atoms with E-state index in [1.54, 1.807) is 18.7 Å². The predicted molar refractivity (Wildman–Crippen MR) is 59.4 cm³/mol. The maximum absolute atomic E-state index is 11.0. The zero-order chi connectivity index (χ0) is 11.0. The Labute approximate surface area is 90.2 Å². The molecule has 0 aliphatic carbocycles.